The van der Waals surface area contributed by atoms with Gasteiger partial charge in [0.15, 0.2) is 0 Å². The van der Waals surface area contributed by atoms with Gasteiger partial charge in [-0.2, -0.15) is 0 Å². The van der Waals surface area contributed by atoms with Crippen LogP contribution in [-0.4, -0.2) is 21.8 Å². The number of aliphatic hydroxyl groups is 2. The van der Waals surface area contributed by atoms with Crippen LogP contribution in [0.25, 0.3) is 0 Å². The van der Waals surface area contributed by atoms with Crippen LogP contribution in [0.1, 0.15) is 106 Å². The molecule has 0 rings (SSSR count). The summed E-state index contributed by atoms with van der Waals surface area (Å²) in [6.07, 6.45) is 12.5. The molecular weight excluding hydrogens is 324 g/mol. The fourth-order valence-corrected chi connectivity index (χ4v) is 3.29. The van der Waals surface area contributed by atoms with E-state index in [-0.39, 0.29) is 6.42 Å². The van der Waals surface area contributed by atoms with Crippen molar-refractivity contribution in [3.05, 3.63) is 11.6 Å². The van der Waals surface area contributed by atoms with Gasteiger partial charge in [-0.05, 0) is 43.6 Å². The van der Waals surface area contributed by atoms with Gasteiger partial charge in [0.05, 0.1) is 0 Å². The molecule has 0 radical (unpaired) electrons. The van der Waals surface area contributed by atoms with Crippen LogP contribution in [-0.2, 0) is 4.79 Å². The SMILES string of the molecule is CCC(O)(O)C(=O)C=C(C)CCCC(C)CCCC(C)CCCC(C)C. The van der Waals surface area contributed by atoms with Gasteiger partial charge < -0.3 is 10.2 Å². The second-order valence-electron chi connectivity index (χ2n) is 8.88. The Morgan fingerprint density at radius 2 is 1.35 bits per heavy atom. The average Bonchev–Trinajstić information content (AvgIpc) is 2.54. The maximum absolute atomic E-state index is 11.7. The zero-order valence-corrected chi connectivity index (χ0v) is 18.2. The van der Waals surface area contributed by atoms with E-state index in [0.717, 1.165) is 36.7 Å². The fraction of sp³-hybridized carbons (Fsp3) is 0.870. The number of rotatable bonds is 15. The van der Waals surface area contributed by atoms with Crippen molar-refractivity contribution in [1.29, 1.82) is 0 Å². The molecule has 2 N–H and O–H groups in total. The second-order valence-corrected chi connectivity index (χ2v) is 8.88. The monoisotopic (exact) mass is 368 g/mol. The molecule has 154 valence electrons. The van der Waals surface area contributed by atoms with Crippen molar-refractivity contribution in [3.8, 4) is 0 Å². The zero-order chi connectivity index (χ0) is 20.2. The molecule has 2 unspecified atom stereocenters. The Kier molecular flexibility index (Phi) is 13.1. The lowest BCUT2D eigenvalue weighted by Gasteiger charge is -2.16. The first-order chi connectivity index (χ1) is 12.1. The van der Waals surface area contributed by atoms with Crippen LogP contribution in [0.4, 0.5) is 0 Å². The van der Waals surface area contributed by atoms with E-state index >= 15 is 0 Å². The molecule has 0 aliphatic carbocycles. The van der Waals surface area contributed by atoms with Gasteiger partial charge in [-0.25, -0.2) is 0 Å². The molecule has 0 aromatic carbocycles. The minimum absolute atomic E-state index is 0.0164. The maximum Gasteiger partial charge on any atom is 0.227 e. The summed E-state index contributed by atoms with van der Waals surface area (Å²) in [4.78, 5) is 11.7. The van der Waals surface area contributed by atoms with E-state index in [1.54, 1.807) is 6.92 Å². The normalized spacial score (nSPS) is 15.3. The minimum Gasteiger partial charge on any atom is -0.359 e. The molecule has 0 saturated carbocycles. The Labute approximate surface area is 162 Å². The standard InChI is InChI=1S/C23H44O3/c1-7-23(25,26)22(24)17-21(6)16-10-15-20(5)14-9-13-19(4)12-8-11-18(2)3/h17-20,25-26H,7-16H2,1-6H3. The highest BCUT2D eigenvalue weighted by atomic mass is 16.5. The number of carbonyl (C=O) groups is 1. The summed E-state index contributed by atoms with van der Waals surface area (Å²) in [7, 11) is 0. The van der Waals surface area contributed by atoms with Gasteiger partial charge in [0.2, 0.25) is 11.6 Å². The van der Waals surface area contributed by atoms with Crippen LogP contribution in [0.5, 0.6) is 0 Å². The molecule has 3 nitrogen and oxygen atoms in total. The van der Waals surface area contributed by atoms with Crippen molar-refractivity contribution < 1.29 is 15.0 Å². The first kappa shape index (κ1) is 25.3. The van der Waals surface area contributed by atoms with Crippen molar-refractivity contribution >= 4 is 5.78 Å². The summed E-state index contributed by atoms with van der Waals surface area (Å²) in [5, 5.41) is 19.1. The van der Waals surface area contributed by atoms with Crippen molar-refractivity contribution in [2.75, 3.05) is 0 Å². The summed E-state index contributed by atoms with van der Waals surface area (Å²) >= 11 is 0. The highest BCUT2D eigenvalue weighted by Gasteiger charge is 2.28. The molecule has 0 heterocycles. The molecule has 0 aliphatic heterocycles. The molecule has 0 amide bonds. The molecule has 0 spiro atoms. The Morgan fingerprint density at radius 1 is 0.885 bits per heavy atom. The third kappa shape index (κ3) is 12.6. The van der Waals surface area contributed by atoms with Gasteiger partial charge in [-0.3, -0.25) is 4.79 Å². The Morgan fingerprint density at radius 3 is 1.81 bits per heavy atom. The van der Waals surface area contributed by atoms with E-state index in [2.05, 4.69) is 27.7 Å². The van der Waals surface area contributed by atoms with E-state index < -0.39 is 11.6 Å². The van der Waals surface area contributed by atoms with Crippen LogP contribution in [0.3, 0.4) is 0 Å². The predicted octanol–water partition coefficient (Wildman–Crippen LogP) is 6.03. The van der Waals surface area contributed by atoms with Crippen molar-refractivity contribution in [2.45, 2.75) is 112 Å². The molecule has 0 saturated heterocycles. The molecule has 0 bridgehead atoms. The summed E-state index contributed by atoms with van der Waals surface area (Å²) in [6, 6.07) is 0. The van der Waals surface area contributed by atoms with Gasteiger partial charge in [-0.1, -0.05) is 85.1 Å². The molecule has 0 aromatic rings. The summed E-state index contributed by atoms with van der Waals surface area (Å²) in [6.45, 7) is 12.8. The molecule has 0 aromatic heterocycles. The summed E-state index contributed by atoms with van der Waals surface area (Å²) < 4.78 is 0. The lowest BCUT2D eigenvalue weighted by molar-refractivity contribution is -0.178. The largest absolute Gasteiger partial charge is 0.359 e. The fourth-order valence-electron chi connectivity index (χ4n) is 3.29. The van der Waals surface area contributed by atoms with Crippen LogP contribution >= 0.6 is 0 Å². The Balaban J connectivity index is 3.89. The molecule has 3 heteroatoms. The smallest absolute Gasteiger partial charge is 0.227 e. The van der Waals surface area contributed by atoms with Crippen LogP contribution < -0.4 is 0 Å². The molecule has 0 fully saturated rings. The summed E-state index contributed by atoms with van der Waals surface area (Å²) in [5.41, 5.74) is 0.932. The van der Waals surface area contributed by atoms with E-state index in [0.29, 0.717) is 5.92 Å². The van der Waals surface area contributed by atoms with Gasteiger partial charge in [0.1, 0.15) is 0 Å². The van der Waals surface area contributed by atoms with Crippen LogP contribution in [0, 0.1) is 17.8 Å². The number of allylic oxidation sites excluding steroid dienone is 1. The van der Waals surface area contributed by atoms with Crippen LogP contribution in [0.15, 0.2) is 11.6 Å². The first-order valence-corrected chi connectivity index (χ1v) is 10.7. The Hall–Kier alpha value is -0.670. The van der Waals surface area contributed by atoms with Gasteiger partial charge in [0.25, 0.3) is 0 Å². The van der Waals surface area contributed by atoms with Crippen LogP contribution in [0.2, 0.25) is 0 Å². The van der Waals surface area contributed by atoms with Gasteiger partial charge in [-0.15, -0.1) is 0 Å². The minimum atomic E-state index is -2.21. The highest BCUT2D eigenvalue weighted by molar-refractivity contribution is 5.95. The van der Waals surface area contributed by atoms with E-state index in [1.165, 1.54) is 44.6 Å². The maximum atomic E-state index is 11.7. The average molecular weight is 369 g/mol. The quantitative estimate of drug-likeness (QED) is 0.274. The molecular formula is C23H44O3. The van der Waals surface area contributed by atoms with Gasteiger partial charge in [0, 0.05) is 6.42 Å². The first-order valence-electron chi connectivity index (χ1n) is 10.7. The number of hydrogen-bond acceptors (Lipinski definition) is 3. The van der Waals surface area contributed by atoms with Gasteiger partial charge >= 0.3 is 0 Å². The van der Waals surface area contributed by atoms with E-state index in [1.807, 2.05) is 6.92 Å². The molecule has 26 heavy (non-hydrogen) atoms. The topological polar surface area (TPSA) is 57.5 Å². The third-order valence-electron chi connectivity index (χ3n) is 5.41. The second kappa shape index (κ2) is 13.5. The number of ketones is 1. The molecule has 0 aliphatic rings. The molecule has 2 atom stereocenters. The number of carbonyl (C=O) groups excluding carboxylic acids is 1. The van der Waals surface area contributed by atoms with Crippen molar-refractivity contribution in [3.63, 3.8) is 0 Å². The van der Waals surface area contributed by atoms with Crippen molar-refractivity contribution in [1.82, 2.24) is 0 Å². The summed E-state index contributed by atoms with van der Waals surface area (Å²) in [5.74, 6) is -0.430. The van der Waals surface area contributed by atoms with Crippen molar-refractivity contribution in [2.24, 2.45) is 17.8 Å². The zero-order valence-electron chi connectivity index (χ0n) is 18.2. The van der Waals surface area contributed by atoms with E-state index in [4.69, 9.17) is 0 Å². The third-order valence-corrected chi connectivity index (χ3v) is 5.41. The Bertz CT molecular complexity index is 410. The lowest BCUT2D eigenvalue weighted by atomic mass is 9.91. The number of hydrogen-bond donors (Lipinski definition) is 2. The van der Waals surface area contributed by atoms with E-state index in [9.17, 15) is 15.0 Å². The predicted molar refractivity (Wildman–Crippen MR) is 111 cm³/mol. The lowest BCUT2D eigenvalue weighted by Crippen LogP contribution is -2.36. The highest BCUT2D eigenvalue weighted by Crippen LogP contribution is 2.22.